The topological polar surface area (TPSA) is 26.0 Å². The summed E-state index contributed by atoms with van der Waals surface area (Å²) in [5, 5.41) is 0. The second kappa shape index (κ2) is 3.83. The Hall–Kier alpha value is -0.410. The van der Waals surface area contributed by atoms with Gasteiger partial charge in [-0.15, -0.1) is 0 Å². The molecule has 2 N–H and O–H groups in total. The van der Waals surface area contributed by atoms with Crippen LogP contribution in [0.25, 0.3) is 0 Å². The second-order valence-corrected chi connectivity index (χ2v) is 3.17. The lowest BCUT2D eigenvalue weighted by atomic mass is 10.1. The minimum atomic E-state index is -1.05. The zero-order chi connectivity index (χ0) is 8.27. The molecule has 11 heavy (non-hydrogen) atoms. The average molecular weight is 218 g/mol. The molecule has 0 radical (unpaired) electrons. The van der Waals surface area contributed by atoms with Crippen molar-refractivity contribution in [1.82, 2.24) is 0 Å². The van der Waals surface area contributed by atoms with Gasteiger partial charge >= 0.3 is 0 Å². The predicted molar refractivity (Wildman–Crippen MR) is 47.0 cm³/mol. The first kappa shape index (κ1) is 8.68. The largest absolute Gasteiger partial charge is 0.327 e. The maximum absolute atomic E-state index is 12.9. The van der Waals surface area contributed by atoms with Crippen LogP contribution in [-0.4, -0.2) is 6.54 Å². The van der Waals surface area contributed by atoms with E-state index in [2.05, 4.69) is 15.9 Å². The first-order valence-corrected chi connectivity index (χ1v) is 4.13. The van der Waals surface area contributed by atoms with Crippen LogP contribution >= 0.6 is 15.9 Å². The fraction of sp³-hybridized carbons (Fsp3) is 0.250. The third-order valence-corrected chi connectivity index (χ3v) is 1.91. The number of hydrogen-bond donors (Lipinski definition) is 1. The van der Waals surface area contributed by atoms with Crippen molar-refractivity contribution >= 4 is 15.9 Å². The van der Waals surface area contributed by atoms with Crippen molar-refractivity contribution < 1.29 is 4.39 Å². The molecule has 0 aliphatic heterocycles. The standard InChI is InChI=1S/C8H9BrFN/c9-7-3-1-2-6(4-7)8(10)5-11/h1-4,8H,5,11H2/t8-/m1/s1. The number of alkyl halides is 1. The first-order valence-electron chi connectivity index (χ1n) is 3.33. The van der Waals surface area contributed by atoms with E-state index in [4.69, 9.17) is 5.73 Å². The van der Waals surface area contributed by atoms with Crippen LogP contribution in [0.15, 0.2) is 28.7 Å². The Labute approximate surface area is 73.5 Å². The van der Waals surface area contributed by atoms with Crippen LogP contribution in [0.4, 0.5) is 4.39 Å². The number of halogens is 2. The van der Waals surface area contributed by atoms with Gasteiger partial charge in [0.25, 0.3) is 0 Å². The molecule has 1 aromatic carbocycles. The van der Waals surface area contributed by atoms with E-state index in [1.165, 1.54) is 0 Å². The lowest BCUT2D eigenvalue weighted by molar-refractivity contribution is 0.353. The summed E-state index contributed by atoms with van der Waals surface area (Å²) in [7, 11) is 0. The highest BCUT2D eigenvalue weighted by Crippen LogP contribution is 2.19. The number of benzene rings is 1. The molecule has 0 aliphatic carbocycles. The van der Waals surface area contributed by atoms with Crippen LogP contribution in [-0.2, 0) is 0 Å². The van der Waals surface area contributed by atoms with E-state index in [0.29, 0.717) is 5.56 Å². The maximum atomic E-state index is 12.9. The molecule has 3 heteroatoms. The first-order chi connectivity index (χ1) is 5.24. The summed E-state index contributed by atoms with van der Waals surface area (Å²) in [6.07, 6.45) is -1.05. The van der Waals surface area contributed by atoms with Gasteiger partial charge < -0.3 is 5.73 Å². The monoisotopic (exact) mass is 217 g/mol. The van der Waals surface area contributed by atoms with Crippen molar-refractivity contribution in [2.45, 2.75) is 6.17 Å². The maximum Gasteiger partial charge on any atom is 0.137 e. The van der Waals surface area contributed by atoms with Gasteiger partial charge in [-0.25, -0.2) is 4.39 Å². The fourth-order valence-corrected chi connectivity index (χ4v) is 1.25. The van der Waals surface area contributed by atoms with Gasteiger partial charge in [-0.05, 0) is 17.7 Å². The third kappa shape index (κ3) is 2.27. The van der Waals surface area contributed by atoms with Crippen LogP contribution in [0.3, 0.4) is 0 Å². The summed E-state index contributed by atoms with van der Waals surface area (Å²) in [5.74, 6) is 0. The Morgan fingerprint density at radius 3 is 2.82 bits per heavy atom. The molecular formula is C8H9BrFN. The Morgan fingerprint density at radius 2 is 2.27 bits per heavy atom. The summed E-state index contributed by atoms with van der Waals surface area (Å²) in [4.78, 5) is 0. The van der Waals surface area contributed by atoms with Gasteiger partial charge in [0.2, 0.25) is 0 Å². The van der Waals surface area contributed by atoms with Gasteiger partial charge in [0.1, 0.15) is 6.17 Å². The van der Waals surface area contributed by atoms with Crippen molar-refractivity contribution in [2.24, 2.45) is 5.73 Å². The molecular weight excluding hydrogens is 209 g/mol. The van der Waals surface area contributed by atoms with Crippen LogP contribution in [0, 0.1) is 0 Å². The van der Waals surface area contributed by atoms with Crippen molar-refractivity contribution in [2.75, 3.05) is 6.54 Å². The van der Waals surface area contributed by atoms with Crippen LogP contribution in [0.1, 0.15) is 11.7 Å². The Bertz CT molecular complexity index is 239. The van der Waals surface area contributed by atoms with E-state index >= 15 is 0 Å². The number of rotatable bonds is 2. The molecule has 0 spiro atoms. The Kier molecular flexibility index (Phi) is 3.02. The van der Waals surface area contributed by atoms with Gasteiger partial charge in [-0.1, -0.05) is 28.1 Å². The van der Waals surface area contributed by atoms with Gasteiger partial charge in [-0.2, -0.15) is 0 Å². The van der Waals surface area contributed by atoms with Gasteiger partial charge in [0, 0.05) is 11.0 Å². The molecule has 1 nitrogen and oxygen atoms in total. The Morgan fingerprint density at radius 1 is 1.55 bits per heavy atom. The highest BCUT2D eigenvalue weighted by atomic mass is 79.9. The zero-order valence-electron chi connectivity index (χ0n) is 5.93. The summed E-state index contributed by atoms with van der Waals surface area (Å²) < 4.78 is 13.8. The molecule has 1 rings (SSSR count). The molecule has 0 saturated carbocycles. The molecule has 0 aromatic heterocycles. The number of nitrogens with two attached hydrogens (primary N) is 1. The summed E-state index contributed by atoms with van der Waals surface area (Å²) in [5.41, 5.74) is 5.79. The minimum absolute atomic E-state index is 0.0381. The van der Waals surface area contributed by atoms with Crippen molar-refractivity contribution in [1.29, 1.82) is 0 Å². The van der Waals surface area contributed by atoms with E-state index in [-0.39, 0.29) is 6.54 Å². The van der Waals surface area contributed by atoms with Crippen molar-refractivity contribution in [3.63, 3.8) is 0 Å². The summed E-state index contributed by atoms with van der Waals surface area (Å²) in [6.45, 7) is 0.0381. The van der Waals surface area contributed by atoms with E-state index in [0.717, 1.165) is 4.47 Å². The molecule has 0 saturated heterocycles. The normalized spacial score (nSPS) is 13.0. The second-order valence-electron chi connectivity index (χ2n) is 2.26. The predicted octanol–water partition coefficient (Wildman–Crippen LogP) is 2.42. The van der Waals surface area contributed by atoms with Crippen LogP contribution in [0.2, 0.25) is 0 Å². The molecule has 0 amide bonds. The molecule has 0 heterocycles. The zero-order valence-corrected chi connectivity index (χ0v) is 7.51. The van der Waals surface area contributed by atoms with E-state index in [9.17, 15) is 4.39 Å². The van der Waals surface area contributed by atoms with Gasteiger partial charge in [0.05, 0.1) is 0 Å². The van der Waals surface area contributed by atoms with E-state index < -0.39 is 6.17 Å². The number of hydrogen-bond acceptors (Lipinski definition) is 1. The Balaban J connectivity index is 2.86. The molecule has 0 unspecified atom stereocenters. The van der Waals surface area contributed by atoms with Crippen LogP contribution < -0.4 is 5.73 Å². The molecule has 1 atom stereocenters. The molecule has 0 bridgehead atoms. The van der Waals surface area contributed by atoms with Crippen molar-refractivity contribution in [3.8, 4) is 0 Å². The molecule has 0 aliphatic rings. The minimum Gasteiger partial charge on any atom is -0.327 e. The molecule has 0 fully saturated rings. The summed E-state index contributed by atoms with van der Waals surface area (Å²) >= 11 is 3.25. The highest BCUT2D eigenvalue weighted by Gasteiger charge is 2.05. The van der Waals surface area contributed by atoms with Crippen molar-refractivity contribution in [3.05, 3.63) is 34.3 Å². The van der Waals surface area contributed by atoms with Crippen LogP contribution in [0.5, 0.6) is 0 Å². The smallest absolute Gasteiger partial charge is 0.137 e. The average Bonchev–Trinajstić information content (AvgIpc) is 2.03. The summed E-state index contributed by atoms with van der Waals surface area (Å²) in [6, 6.07) is 7.11. The molecule has 1 aromatic rings. The molecule has 60 valence electrons. The third-order valence-electron chi connectivity index (χ3n) is 1.42. The van der Waals surface area contributed by atoms with Gasteiger partial charge in [0.15, 0.2) is 0 Å². The lowest BCUT2D eigenvalue weighted by Gasteiger charge is -2.04. The fourth-order valence-electron chi connectivity index (χ4n) is 0.838. The van der Waals surface area contributed by atoms with E-state index in [1.807, 2.05) is 6.07 Å². The lowest BCUT2D eigenvalue weighted by Crippen LogP contribution is -2.07. The SMILES string of the molecule is NC[C@@H](F)c1cccc(Br)c1. The highest BCUT2D eigenvalue weighted by molar-refractivity contribution is 9.10. The quantitative estimate of drug-likeness (QED) is 0.810. The van der Waals surface area contributed by atoms with Gasteiger partial charge in [-0.3, -0.25) is 0 Å². The van der Waals surface area contributed by atoms with E-state index in [1.54, 1.807) is 18.2 Å².